The maximum absolute atomic E-state index is 12.1. The van der Waals surface area contributed by atoms with Crippen LogP contribution in [0.5, 0.6) is 0 Å². The summed E-state index contributed by atoms with van der Waals surface area (Å²) in [6.45, 7) is 1.67. The molecule has 0 aromatic rings. The van der Waals surface area contributed by atoms with Crippen LogP contribution in [-0.2, 0) is 4.79 Å². The summed E-state index contributed by atoms with van der Waals surface area (Å²) in [4.78, 5) is 11.7. The summed E-state index contributed by atoms with van der Waals surface area (Å²) in [5.41, 5.74) is 5.16. The second kappa shape index (κ2) is 5.89. The molecule has 0 spiro atoms. The number of hydrogen-bond donors (Lipinski definition) is 1. The molecule has 0 radical (unpaired) electrons. The average Bonchev–Trinajstić information content (AvgIpc) is 2.09. The first-order valence-corrected chi connectivity index (χ1v) is 4.84. The predicted molar refractivity (Wildman–Crippen MR) is 54.3 cm³/mol. The molecule has 0 aliphatic rings. The van der Waals surface area contributed by atoms with Gasteiger partial charge in [0.1, 0.15) is 0 Å². The minimum Gasteiger partial charge on any atom is -0.393 e. The van der Waals surface area contributed by atoms with Gasteiger partial charge in [0.25, 0.3) is 0 Å². The van der Waals surface area contributed by atoms with E-state index in [-0.39, 0.29) is 24.5 Å². The normalized spacial score (nSPS) is 11.2. The second-order valence-corrected chi connectivity index (χ2v) is 3.53. The fourth-order valence-corrected chi connectivity index (χ4v) is 1.10. The van der Waals surface area contributed by atoms with Crippen molar-refractivity contribution in [1.82, 2.24) is 4.90 Å². The molecule has 0 fully saturated rings. The van der Waals surface area contributed by atoms with E-state index < -0.39 is 12.1 Å². The van der Waals surface area contributed by atoms with E-state index in [1.54, 1.807) is 6.92 Å². The zero-order valence-corrected chi connectivity index (χ0v) is 9.12. The van der Waals surface area contributed by atoms with Gasteiger partial charge < -0.3 is 10.6 Å². The van der Waals surface area contributed by atoms with Crippen LogP contribution in [0.1, 0.15) is 19.8 Å². The zero-order chi connectivity index (χ0) is 12.1. The number of carbonyl (C=O) groups is 1. The summed E-state index contributed by atoms with van der Waals surface area (Å²) >= 11 is 4.54. The van der Waals surface area contributed by atoms with Crippen LogP contribution in [0.15, 0.2) is 0 Å². The van der Waals surface area contributed by atoms with Crippen LogP contribution >= 0.6 is 12.2 Å². The molecule has 0 bridgehead atoms. The SMILES string of the molecule is CCCN(CCC(N)=S)C(=O)C(F)(F)F. The number of rotatable bonds is 5. The van der Waals surface area contributed by atoms with Crippen molar-refractivity contribution >= 4 is 23.1 Å². The molecule has 7 heteroatoms. The summed E-state index contributed by atoms with van der Waals surface area (Å²) in [6.07, 6.45) is -4.26. The molecule has 0 heterocycles. The first kappa shape index (κ1) is 14.2. The van der Waals surface area contributed by atoms with Crippen molar-refractivity contribution in [3.8, 4) is 0 Å². The Morgan fingerprint density at radius 1 is 1.40 bits per heavy atom. The number of nitrogens with two attached hydrogens (primary N) is 1. The highest BCUT2D eigenvalue weighted by Crippen LogP contribution is 2.18. The average molecular weight is 242 g/mol. The van der Waals surface area contributed by atoms with E-state index in [2.05, 4.69) is 12.2 Å². The van der Waals surface area contributed by atoms with Gasteiger partial charge in [-0.3, -0.25) is 4.79 Å². The van der Waals surface area contributed by atoms with Gasteiger partial charge in [0.15, 0.2) is 0 Å². The van der Waals surface area contributed by atoms with Gasteiger partial charge in [-0.1, -0.05) is 19.1 Å². The van der Waals surface area contributed by atoms with Gasteiger partial charge in [0.05, 0.1) is 4.99 Å². The number of thiocarbonyl (C=S) groups is 1. The monoisotopic (exact) mass is 242 g/mol. The molecule has 3 nitrogen and oxygen atoms in total. The molecule has 0 aliphatic carbocycles. The third-order valence-corrected chi connectivity index (χ3v) is 1.86. The van der Waals surface area contributed by atoms with Gasteiger partial charge in [-0.25, -0.2) is 0 Å². The summed E-state index contributed by atoms with van der Waals surface area (Å²) in [6, 6.07) is 0. The third kappa shape index (κ3) is 5.56. The van der Waals surface area contributed by atoms with Crippen LogP contribution in [0.2, 0.25) is 0 Å². The number of alkyl halides is 3. The molecule has 0 aromatic carbocycles. The fraction of sp³-hybridized carbons (Fsp3) is 0.750. The molecule has 0 atom stereocenters. The Balaban J connectivity index is 4.38. The summed E-state index contributed by atoms with van der Waals surface area (Å²) in [7, 11) is 0. The Morgan fingerprint density at radius 3 is 2.27 bits per heavy atom. The topological polar surface area (TPSA) is 46.3 Å². The molecule has 88 valence electrons. The summed E-state index contributed by atoms with van der Waals surface area (Å²) < 4.78 is 36.3. The van der Waals surface area contributed by atoms with Crippen LogP contribution in [0.4, 0.5) is 13.2 Å². The number of carbonyl (C=O) groups excluding carboxylic acids is 1. The van der Waals surface area contributed by atoms with Gasteiger partial charge >= 0.3 is 12.1 Å². The van der Waals surface area contributed by atoms with Crippen LogP contribution < -0.4 is 5.73 Å². The van der Waals surface area contributed by atoms with Crippen LogP contribution in [0, 0.1) is 0 Å². The highest BCUT2D eigenvalue weighted by Gasteiger charge is 2.41. The third-order valence-electron chi connectivity index (χ3n) is 1.65. The Labute approximate surface area is 91.4 Å². The molecule has 1 amide bonds. The van der Waals surface area contributed by atoms with Gasteiger partial charge in [0.2, 0.25) is 0 Å². The first-order chi connectivity index (χ1) is 6.79. The maximum atomic E-state index is 12.1. The van der Waals surface area contributed by atoms with Gasteiger partial charge in [-0.15, -0.1) is 0 Å². The Hall–Kier alpha value is -0.850. The van der Waals surface area contributed by atoms with Crippen LogP contribution in [0.3, 0.4) is 0 Å². The summed E-state index contributed by atoms with van der Waals surface area (Å²) in [5.74, 6) is -1.83. The van der Waals surface area contributed by atoms with Gasteiger partial charge in [-0.05, 0) is 6.42 Å². The molecule has 0 saturated carbocycles. The predicted octanol–water partition coefficient (Wildman–Crippen LogP) is 1.46. The van der Waals surface area contributed by atoms with Crippen molar-refractivity contribution in [2.45, 2.75) is 25.9 Å². The molecule has 2 N–H and O–H groups in total. The van der Waals surface area contributed by atoms with Crippen molar-refractivity contribution < 1.29 is 18.0 Å². The largest absolute Gasteiger partial charge is 0.471 e. The number of halogens is 3. The molecule has 0 aromatic heterocycles. The molecule has 0 aliphatic heterocycles. The first-order valence-electron chi connectivity index (χ1n) is 4.43. The lowest BCUT2D eigenvalue weighted by Crippen LogP contribution is -2.42. The molecule has 0 unspecified atom stereocenters. The molecular formula is C8H13F3N2OS. The van der Waals surface area contributed by atoms with E-state index in [0.29, 0.717) is 6.42 Å². The Kier molecular flexibility index (Phi) is 5.56. The molecule has 0 rings (SSSR count). The van der Waals surface area contributed by atoms with Crippen molar-refractivity contribution in [3.05, 3.63) is 0 Å². The quantitative estimate of drug-likeness (QED) is 0.742. The van der Waals surface area contributed by atoms with E-state index >= 15 is 0 Å². The van der Waals surface area contributed by atoms with Crippen molar-refractivity contribution in [3.63, 3.8) is 0 Å². The lowest BCUT2D eigenvalue weighted by Gasteiger charge is -2.22. The highest BCUT2D eigenvalue weighted by atomic mass is 32.1. The lowest BCUT2D eigenvalue weighted by molar-refractivity contribution is -0.185. The molecule has 15 heavy (non-hydrogen) atoms. The standard InChI is InChI=1S/C8H13F3N2OS/c1-2-4-13(5-3-6(12)15)7(14)8(9,10)11/h2-5H2,1H3,(H2,12,15). The number of nitrogens with zero attached hydrogens (tertiary/aromatic N) is 1. The fourth-order valence-electron chi connectivity index (χ4n) is 1.01. The van der Waals surface area contributed by atoms with Crippen LogP contribution in [-0.4, -0.2) is 35.1 Å². The van der Waals surface area contributed by atoms with Crippen molar-refractivity contribution in [1.29, 1.82) is 0 Å². The minimum absolute atomic E-state index is 0.0565. The number of amides is 1. The number of hydrogen-bond acceptors (Lipinski definition) is 2. The Bertz CT molecular complexity index is 243. The van der Waals surface area contributed by atoms with E-state index in [0.717, 1.165) is 4.90 Å². The zero-order valence-electron chi connectivity index (χ0n) is 8.30. The van der Waals surface area contributed by atoms with Crippen molar-refractivity contribution in [2.24, 2.45) is 5.73 Å². The van der Waals surface area contributed by atoms with Crippen molar-refractivity contribution in [2.75, 3.05) is 13.1 Å². The highest BCUT2D eigenvalue weighted by molar-refractivity contribution is 7.80. The maximum Gasteiger partial charge on any atom is 0.471 e. The minimum atomic E-state index is -4.83. The molecular weight excluding hydrogens is 229 g/mol. The molecule has 0 saturated heterocycles. The van der Waals surface area contributed by atoms with E-state index in [1.807, 2.05) is 0 Å². The van der Waals surface area contributed by atoms with E-state index in [1.165, 1.54) is 0 Å². The van der Waals surface area contributed by atoms with Crippen LogP contribution in [0.25, 0.3) is 0 Å². The van der Waals surface area contributed by atoms with E-state index in [4.69, 9.17) is 5.73 Å². The second-order valence-electron chi connectivity index (χ2n) is 3.01. The van der Waals surface area contributed by atoms with Gasteiger partial charge in [0, 0.05) is 19.5 Å². The summed E-state index contributed by atoms with van der Waals surface area (Å²) in [5, 5.41) is 0. The smallest absolute Gasteiger partial charge is 0.393 e. The van der Waals surface area contributed by atoms with E-state index in [9.17, 15) is 18.0 Å². The lowest BCUT2D eigenvalue weighted by atomic mass is 10.3. The van der Waals surface area contributed by atoms with Gasteiger partial charge in [-0.2, -0.15) is 13.2 Å². The Morgan fingerprint density at radius 2 is 1.93 bits per heavy atom.